The lowest BCUT2D eigenvalue weighted by Crippen LogP contribution is -2.02. The van der Waals surface area contributed by atoms with Gasteiger partial charge in [0.2, 0.25) is 5.95 Å². The van der Waals surface area contributed by atoms with Crippen molar-refractivity contribution in [1.82, 2.24) is 9.97 Å². The molecular weight excluding hydrogens is 330 g/mol. The second kappa shape index (κ2) is 7.77. The Balaban J connectivity index is 1.75. The first kappa shape index (κ1) is 16.9. The number of carbonyl (C=O) groups is 1. The first-order chi connectivity index (χ1) is 12.7. The number of nitrogens with zero attached hydrogens (tertiary/aromatic N) is 3. The third-order valence-corrected chi connectivity index (χ3v) is 3.53. The fourth-order valence-electron chi connectivity index (χ4n) is 2.25. The van der Waals surface area contributed by atoms with Crippen molar-refractivity contribution < 1.29 is 9.53 Å². The molecule has 3 rings (SSSR count). The van der Waals surface area contributed by atoms with Crippen molar-refractivity contribution in [3.05, 3.63) is 71.9 Å². The van der Waals surface area contributed by atoms with Gasteiger partial charge in [0.05, 0.1) is 23.9 Å². The molecule has 7 nitrogen and oxygen atoms in total. The maximum absolute atomic E-state index is 11.5. The molecule has 2 aromatic carbocycles. The molecule has 0 saturated carbocycles. The summed E-state index contributed by atoms with van der Waals surface area (Å²) in [5, 5.41) is 15.3. The third-order valence-electron chi connectivity index (χ3n) is 3.53. The average molecular weight is 345 g/mol. The molecule has 0 saturated heterocycles. The number of anilines is 4. The van der Waals surface area contributed by atoms with Crippen molar-refractivity contribution in [2.75, 3.05) is 17.7 Å². The number of carbonyl (C=O) groups excluding carboxylic acids is 1. The summed E-state index contributed by atoms with van der Waals surface area (Å²) in [5.41, 5.74) is 2.37. The van der Waals surface area contributed by atoms with E-state index in [0.717, 1.165) is 5.69 Å². The number of ether oxygens (including phenoxy) is 1. The second-order valence-corrected chi connectivity index (χ2v) is 5.24. The van der Waals surface area contributed by atoms with Gasteiger partial charge in [-0.2, -0.15) is 10.2 Å². The summed E-state index contributed by atoms with van der Waals surface area (Å²) in [6, 6.07) is 17.8. The van der Waals surface area contributed by atoms with Crippen LogP contribution >= 0.6 is 0 Å². The highest BCUT2D eigenvalue weighted by atomic mass is 16.5. The molecule has 0 atom stereocenters. The molecule has 0 spiro atoms. The average Bonchev–Trinajstić information content (AvgIpc) is 2.69. The molecular formula is C19H15N5O2. The lowest BCUT2D eigenvalue weighted by molar-refractivity contribution is 0.0601. The van der Waals surface area contributed by atoms with E-state index in [1.165, 1.54) is 7.11 Å². The molecule has 7 heteroatoms. The standard InChI is InChI=1S/C19H15N5O2/c1-26-18(25)13-6-8-15(9-7-13)22-17-10-11-21-19(24-17)23-16-5-3-2-4-14(16)12-20/h2-11H,1H3,(H2,21,22,23,24). The Kier molecular flexibility index (Phi) is 5.05. The van der Waals surface area contributed by atoms with Crippen molar-refractivity contribution in [1.29, 1.82) is 5.26 Å². The van der Waals surface area contributed by atoms with Gasteiger partial charge in [0.1, 0.15) is 11.9 Å². The summed E-state index contributed by atoms with van der Waals surface area (Å²) in [6.07, 6.45) is 1.61. The monoisotopic (exact) mass is 345 g/mol. The topological polar surface area (TPSA) is 99.9 Å². The normalized spacial score (nSPS) is 9.85. The van der Waals surface area contributed by atoms with Gasteiger partial charge in [-0.1, -0.05) is 12.1 Å². The summed E-state index contributed by atoms with van der Waals surface area (Å²) in [5.74, 6) is 0.549. The van der Waals surface area contributed by atoms with Crippen LogP contribution in [0.2, 0.25) is 0 Å². The predicted molar refractivity (Wildman–Crippen MR) is 97.5 cm³/mol. The number of hydrogen-bond donors (Lipinski definition) is 2. The zero-order valence-electron chi connectivity index (χ0n) is 13.9. The number of nitrogens with one attached hydrogen (secondary N) is 2. The SMILES string of the molecule is COC(=O)c1ccc(Nc2ccnc(Nc3ccccc3C#N)n2)cc1. The molecule has 0 amide bonds. The van der Waals surface area contributed by atoms with E-state index in [-0.39, 0.29) is 5.97 Å². The predicted octanol–water partition coefficient (Wildman–Crippen LogP) is 3.62. The van der Waals surface area contributed by atoms with E-state index in [0.29, 0.717) is 28.6 Å². The van der Waals surface area contributed by atoms with Gasteiger partial charge in [0.15, 0.2) is 0 Å². The van der Waals surface area contributed by atoms with E-state index in [2.05, 4.69) is 31.4 Å². The smallest absolute Gasteiger partial charge is 0.337 e. The van der Waals surface area contributed by atoms with Crippen molar-refractivity contribution in [3.8, 4) is 6.07 Å². The molecule has 0 unspecified atom stereocenters. The Hall–Kier alpha value is -3.92. The second-order valence-electron chi connectivity index (χ2n) is 5.24. The maximum Gasteiger partial charge on any atom is 0.337 e. The van der Waals surface area contributed by atoms with Crippen LogP contribution in [0.25, 0.3) is 0 Å². The minimum atomic E-state index is -0.388. The zero-order chi connectivity index (χ0) is 18.4. The van der Waals surface area contributed by atoms with E-state index in [4.69, 9.17) is 5.26 Å². The summed E-state index contributed by atoms with van der Waals surface area (Å²) < 4.78 is 4.67. The lowest BCUT2D eigenvalue weighted by atomic mass is 10.2. The van der Waals surface area contributed by atoms with Gasteiger partial charge in [-0.05, 0) is 42.5 Å². The van der Waals surface area contributed by atoms with E-state index in [1.807, 2.05) is 6.07 Å². The fourth-order valence-corrected chi connectivity index (χ4v) is 2.25. The molecule has 3 aromatic rings. The highest BCUT2D eigenvalue weighted by molar-refractivity contribution is 5.89. The number of methoxy groups -OCH3 is 1. The first-order valence-corrected chi connectivity index (χ1v) is 7.74. The van der Waals surface area contributed by atoms with E-state index >= 15 is 0 Å². The maximum atomic E-state index is 11.5. The van der Waals surface area contributed by atoms with Crippen LogP contribution in [-0.2, 0) is 4.74 Å². The highest BCUT2D eigenvalue weighted by Crippen LogP contribution is 2.20. The Bertz CT molecular complexity index is 964. The number of aromatic nitrogens is 2. The van der Waals surface area contributed by atoms with Crippen LogP contribution in [-0.4, -0.2) is 23.0 Å². The van der Waals surface area contributed by atoms with Gasteiger partial charge < -0.3 is 15.4 Å². The molecule has 1 aromatic heterocycles. The van der Waals surface area contributed by atoms with Gasteiger partial charge in [-0.3, -0.25) is 0 Å². The van der Waals surface area contributed by atoms with Crippen molar-refractivity contribution in [2.45, 2.75) is 0 Å². The van der Waals surface area contributed by atoms with Gasteiger partial charge in [0.25, 0.3) is 0 Å². The van der Waals surface area contributed by atoms with E-state index in [9.17, 15) is 4.79 Å². The molecule has 2 N–H and O–H groups in total. The molecule has 1 heterocycles. The zero-order valence-corrected chi connectivity index (χ0v) is 13.9. The fraction of sp³-hybridized carbons (Fsp3) is 0.0526. The quantitative estimate of drug-likeness (QED) is 0.681. The molecule has 26 heavy (non-hydrogen) atoms. The van der Waals surface area contributed by atoms with E-state index < -0.39 is 0 Å². The minimum absolute atomic E-state index is 0.365. The molecule has 0 fully saturated rings. The Morgan fingerprint density at radius 2 is 1.85 bits per heavy atom. The van der Waals surface area contributed by atoms with Crippen LogP contribution in [0.5, 0.6) is 0 Å². The van der Waals surface area contributed by atoms with E-state index in [1.54, 1.807) is 54.7 Å². The van der Waals surface area contributed by atoms with Gasteiger partial charge in [0, 0.05) is 11.9 Å². The van der Waals surface area contributed by atoms with Crippen molar-refractivity contribution in [2.24, 2.45) is 0 Å². The largest absolute Gasteiger partial charge is 0.465 e. The Labute approximate surface area is 150 Å². The van der Waals surface area contributed by atoms with Crippen molar-refractivity contribution >= 4 is 29.1 Å². The molecule has 0 aliphatic rings. The van der Waals surface area contributed by atoms with Crippen LogP contribution in [0, 0.1) is 11.3 Å². The number of nitriles is 1. The molecule has 128 valence electrons. The molecule has 0 radical (unpaired) electrons. The van der Waals surface area contributed by atoms with Crippen LogP contribution < -0.4 is 10.6 Å². The summed E-state index contributed by atoms with van der Waals surface area (Å²) >= 11 is 0. The molecule has 0 aliphatic heterocycles. The number of rotatable bonds is 5. The first-order valence-electron chi connectivity index (χ1n) is 7.74. The molecule has 0 bridgehead atoms. The van der Waals surface area contributed by atoms with Gasteiger partial charge in [-0.15, -0.1) is 0 Å². The number of benzene rings is 2. The van der Waals surface area contributed by atoms with Crippen LogP contribution in [0.3, 0.4) is 0 Å². The van der Waals surface area contributed by atoms with Crippen LogP contribution in [0.15, 0.2) is 60.8 Å². The van der Waals surface area contributed by atoms with Crippen LogP contribution in [0.1, 0.15) is 15.9 Å². The Morgan fingerprint density at radius 3 is 2.58 bits per heavy atom. The molecule has 0 aliphatic carbocycles. The Morgan fingerprint density at radius 1 is 1.08 bits per heavy atom. The summed E-state index contributed by atoms with van der Waals surface area (Å²) in [6.45, 7) is 0. The highest BCUT2D eigenvalue weighted by Gasteiger charge is 2.06. The van der Waals surface area contributed by atoms with Crippen LogP contribution in [0.4, 0.5) is 23.1 Å². The van der Waals surface area contributed by atoms with Crippen molar-refractivity contribution in [3.63, 3.8) is 0 Å². The number of esters is 1. The lowest BCUT2D eigenvalue weighted by Gasteiger charge is -2.09. The third kappa shape index (κ3) is 3.94. The minimum Gasteiger partial charge on any atom is -0.465 e. The number of hydrogen-bond acceptors (Lipinski definition) is 7. The summed E-state index contributed by atoms with van der Waals surface area (Å²) in [4.78, 5) is 20.0. The number of para-hydroxylation sites is 1. The summed E-state index contributed by atoms with van der Waals surface area (Å²) in [7, 11) is 1.34. The van der Waals surface area contributed by atoms with Gasteiger partial charge >= 0.3 is 5.97 Å². The van der Waals surface area contributed by atoms with Gasteiger partial charge in [-0.25, -0.2) is 9.78 Å².